The van der Waals surface area contributed by atoms with Gasteiger partial charge in [0.25, 0.3) is 0 Å². The maximum absolute atomic E-state index is 11.1. The number of carbonyl (C=O) groups is 1. The third-order valence-electron chi connectivity index (χ3n) is 3.54. The van der Waals surface area contributed by atoms with Gasteiger partial charge in [-0.05, 0) is 42.2 Å². The highest BCUT2D eigenvalue weighted by molar-refractivity contribution is 5.69. The van der Waals surface area contributed by atoms with E-state index in [0.29, 0.717) is 19.3 Å². The molecular formula is C20H20O3. The molecule has 0 fully saturated rings. The summed E-state index contributed by atoms with van der Waals surface area (Å²) in [5.74, 6) is 6.10. The van der Waals surface area contributed by atoms with Crippen LogP contribution in [0.15, 0.2) is 48.5 Å². The maximum Gasteiger partial charge on any atom is 0.305 e. The summed E-state index contributed by atoms with van der Waals surface area (Å²) < 4.78 is 4.64. The van der Waals surface area contributed by atoms with Gasteiger partial charge in [-0.3, -0.25) is 4.79 Å². The van der Waals surface area contributed by atoms with E-state index in [0.717, 1.165) is 22.3 Å². The molecular weight excluding hydrogens is 288 g/mol. The zero-order valence-corrected chi connectivity index (χ0v) is 13.2. The molecule has 0 heterocycles. The largest absolute Gasteiger partial charge is 0.469 e. The molecule has 2 aromatic rings. The van der Waals surface area contributed by atoms with Gasteiger partial charge in [0.1, 0.15) is 0 Å². The first-order valence-electron chi connectivity index (χ1n) is 7.59. The lowest BCUT2D eigenvalue weighted by Crippen LogP contribution is -2.01. The van der Waals surface area contributed by atoms with Gasteiger partial charge in [-0.25, -0.2) is 0 Å². The average Bonchev–Trinajstić information content (AvgIpc) is 2.60. The third kappa shape index (κ3) is 5.28. The van der Waals surface area contributed by atoms with Gasteiger partial charge in [0.2, 0.25) is 0 Å². The number of rotatable bonds is 5. The van der Waals surface area contributed by atoms with E-state index >= 15 is 0 Å². The van der Waals surface area contributed by atoms with Crippen LogP contribution in [0, 0.1) is 11.8 Å². The van der Waals surface area contributed by atoms with Crippen LogP contribution in [-0.4, -0.2) is 24.8 Å². The van der Waals surface area contributed by atoms with Gasteiger partial charge in [-0.15, -0.1) is 0 Å². The molecule has 0 aliphatic rings. The summed E-state index contributed by atoms with van der Waals surface area (Å²) in [6.07, 6.45) is 1.66. The molecule has 2 rings (SSSR count). The fraction of sp³-hybridized carbons (Fsp3) is 0.250. The van der Waals surface area contributed by atoms with Crippen LogP contribution in [-0.2, 0) is 22.4 Å². The molecule has 3 heteroatoms. The van der Waals surface area contributed by atoms with E-state index < -0.39 is 0 Å². The molecule has 0 spiro atoms. The predicted octanol–water partition coefficient (Wildman–Crippen LogP) is 2.73. The van der Waals surface area contributed by atoms with E-state index in [1.807, 2.05) is 48.5 Å². The van der Waals surface area contributed by atoms with E-state index in [1.165, 1.54) is 7.11 Å². The molecule has 0 unspecified atom stereocenters. The number of esters is 1. The average molecular weight is 308 g/mol. The van der Waals surface area contributed by atoms with Crippen LogP contribution in [0.2, 0.25) is 0 Å². The Balaban J connectivity index is 2.06. The zero-order valence-electron chi connectivity index (χ0n) is 13.2. The minimum absolute atomic E-state index is 0.119. The van der Waals surface area contributed by atoms with Gasteiger partial charge in [0.15, 0.2) is 0 Å². The number of hydrogen-bond donors (Lipinski definition) is 1. The van der Waals surface area contributed by atoms with E-state index in [1.54, 1.807) is 0 Å². The number of carbonyl (C=O) groups excluding carboxylic acids is 1. The van der Waals surface area contributed by atoms with Crippen LogP contribution < -0.4 is 0 Å². The highest BCUT2D eigenvalue weighted by Crippen LogP contribution is 2.10. The van der Waals surface area contributed by atoms with Crippen molar-refractivity contribution < 1.29 is 14.6 Å². The van der Waals surface area contributed by atoms with Crippen LogP contribution in [0.5, 0.6) is 0 Å². The first-order valence-corrected chi connectivity index (χ1v) is 7.59. The van der Waals surface area contributed by atoms with Crippen LogP contribution in [0.1, 0.15) is 28.7 Å². The molecule has 0 radical (unpaired) electrons. The smallest absolute Gasteiger partial charge is 0.305 e. The Morgan fingerprint density at radius 1 is 1.04 bits per heavy atom. The molecule has 0 bridgehead atoms. The topological polar surface area (TPSA) is 46.5 Å². The summed E-state index contributed by atoms with van der Waals surface area (Å²) in [6, 6.07) is 15.7. The van der Waals surface area contributed by atoms with Crippen molar-refractivity contribution in [2.75, 3.05) is 13.7 Å². The van der Waals surface area contributed by atoms with Crippen LogP contribution >= 0.6 is 0 Å². The van der Waals surface area contributed by atoms with Gasteiger partial charge in [-0.2, -0.15) is 0 Å². The highest BCUT2D eigenvalue weighted by Gasteiger charge is 2.01. The first-order chi connectivity index (χ1) is 11.2. The summed E-state index contributed by atoms with van der Waals surface area (Å²) in [6.45, 7) is 0.119. The number of methoxy groups -OCH3 is 1. The molecule has 0 saturated carbocycles. The molecule has 3 nitrogen and oxygen atoms in total. The normalized spacial score (nSPS) is 9.83. The molecule has 2 aromatic carbocycles. The van der Waals surface area contributed by atoms with E-state index in [9.17, 15) is 4.79 Å². The molecule has 118 valence electrons. The summed E-state index contributed by atoms with van der Waals surface area (Å²) in [5.41, 5.74) is 4.00. The SMILES string of the molecule is COC(=O)CCc1ccc(C#Cc2ccccc2CCO)cc1. The maximum atomic E-state index is 11.1. The summed E-state index contributed by atoms with van der Waals surface area (Å²) in [5, 5.41) is 9.09. The Morgan fingerprint density at radius 3 is 2.48 bits per heavy atom. The van der Waals surface area contributed by atoms with Crippen LogP contribution in [0.4, 0.5) is 0 Å². The third-order valence-corrected chi connectivity index (χ3v) is 3.54. The van der Waals surface area contributed by atoms with Gasteiger partial charge in [0, 0.05) is 24.2 Å². The Hall–Kier alpha value is -2.57. The predicted molar refractivity (Wildman–Crippen MR) is 90.0 cm³/mol. The summed E-state index contributed by atoms with van der Waals surface area (Å²) >= 11 is 0. The van der Waals surface area contributed by atoms with Crippen molar-refractivity contribution in [3.63, 3.8) is 0 Å². The van der Waals surface area contributed by atoms with Crippen molar-refractivity contribution in [2.45, 2.75) is 19.3 Å². The van der Waals surface area contributed by atoms with E-state index in [-0.39, 0.29) is 12.6 Å². The number of aliphatic hydroxyl groups excluding tert-OH is 1. The molecule has 0 aliphatic carbocycles. The second-order valence-electron chi connectivity index (χ2n) is 5.15. The van der Waals surface area contributed by atoms with E-state index in [4.69, 9.17) is 5.11 Å². The van der Waals surface area contributed by atoms with Crippen molar-refractivity contribution >= 4 is 5.97 Å². The molecule has 23 heavy (non-hydrogen) atoms. The Morgan fingerprint density at radius 2 is 1.78 bits per heavy atom. The van der Waals surface area contributed by atoms with Gasteiger partial charge in [0.05, 0.1) is 7.11 Å². The highest BCUT2D eigenvalue weighted by atomic mass is 16.5. The Labute approximate surface area is 136 Å². The minimum Gasteiger partial charge on any atom is -0.469 e. The zero-order chi connectivity index (χ0) is 16.5. The Kier molecular flexibility index (Phi) is 6.40. The number of aryl methyl sites for hydroxylation is 1. The van der Waals surface area contributed by atoms with Crippen molar-refractivity contribution in [3.05, 3.63) is 70.8 Å². The lowest BCUT2D eigenvalue weighted by atomic mass is 10.0. The van der Waals surface area contributed by atoms with Gasteiger partial charge >= 0.3 is 5.97 Å². The van der Waals surface area contributed by atoms with Crippen molar-refractivity contribution in [1.29, 1.82) is 0 Å². The Bertz CT molecular complexity index is 706. The monoisotopic (exact) mass is 308 g/mol. The number of hydrogen-bond acceptors (Lipinski definition) is 3. The quantitative estimate of drug-likeness (QED) is 0.682. The fourth-order valence-corrected chi connectivity index (χ4v) is 2.22. The lowest BCUT2D eigenvalue weighted by molar-refractivity contribution is -0.140. The van der Waals surface area contributed by atoms with Crippen molar-refractivity contribution in [2.24, 2.45) is 0 Å². The van der Waals surface area contributed by atoms with Gasteiger partial charge in [-0.1, -0.05) is 42.2 Å². The van der Waals surface area contributed by atoms with Crippen LogP contribution in [0.3, 0.4) is 0 Å². The number of aliphatic hydroxyl groups is 1. The van der Waals surface area contributed by atoms with E-state index in [2.05, 4.69) is 16.6 Å². The first kappa shape index (κ1) is 16.8. The summed E-state index contributed by atoms with van der Waals surface area (Å²) in [4.78, 5) is 11.1. The second-order valence-corrected chi connectivity index (χ2v) is 5.15. The number of benzene rings is 2. The standard InChI is InChI=1S/C20H20O3/c1-23-20(22)13-11-17-8-6-16(7-9-17)10-12-18-4-2-3-5-19(18)14-15-21/h2-9,21H,11,13-15H2,1H3. The lowest BCUT2D eigenvalue weighted by Gasteiger charge is -2.02. The van der Waals surface area contributed by atoms with Gasteiger partial charge < -0.3 is 9.84 Å². The van der Waals surface area contributed by atoms with Crippen molar-refractivity contribution in [3.8, 4) is 11.8 Å². The molecule has 0 saturated heterocycles. The number of ether oxygens (including phenoxy) is 1. The van der Waals surface area contributed by atoms with Crippen molar-refractivity contribution in [1.82, 2.24) is 0 Å². The molecule has 0 aliphatic heterocycles. The van der Waals surface area contributed by atoms with Crippen LogP contribution in [0.25, 0.3) is 0 Å². The molecule has 1 N–H and O–H groups in total. The molecule has 0 aromatic heterocycles. The summed E-state index contributed by atoms with van der Waals surface area (Å²) in [7, 11) is 1.40. The molecule has 0 amide bonds. The molecule has 0 atom stereocenters. The fourth-order valence-electron chi connectivity index (χ4n) is 2.22. The second kappa shape index (κ2) is 8.77. The minimum atomic E-state index is -0.200.